The van der Waals surface area contributed by atoms with E-state index in [-0.39, 0.29) is 5.97 Å². The maximum Gasteiger partial charge on any atom is 0.335 e. The number of rotatable bonds is 4. The molecule has 2 aromatic carbocycles. The maximum absolute atomic E-state index is 12.4. The molecule has 0 spiro atoms. The normalized spacial score (nSPS) is 20.5. The molecule has 2 aromatic rings. The maximum atomic E-state index is 12.4. The molecule has 1 aliphatic rings. The minimum Gasteiger partial charge on any atom is -0.445 e. The van der Waals surface area contributed by atoms with Crippen LogP contribution in [0.1, 0.15) is 31.4 Å². The molecule has 0 bridgehead atoms. The second kappa shape index (κ2) is 5.88. The lowest BCUT2D eigenvalue weighted by molar-refractivity contribution is -0.146. The first kappa shape index (κ1) is 15.3. The van der Waals surface area contributed by atoms with Crippen LogP contribution in [0.15, 0.2) is 78.4 Å². The van der Waals surface area contributed by atoms with Crippen LogP contribution in [-0.2, 0) is 15.1 Å². The molecule has 2 nitrogen and oxygen atoms in total. The van der Waals surface area contributed by atoms with Crippen LogP contribution >= 0.6 is 0 Å². The minimum absolute atomic E-state index is 0.256. The molecule has 0 radical (unpaired) electrons. The highest BCUT2D eigenvalue weighted by molar-refractivity contribution is 6.04. The average Bonchev–Trinajstić information content (AvgIpc) is 2.80. The summed E-state index contributed by atoms with van der Waals surface area (Å²) < 4.78 is 5.95. The molecule has 0 saturated carbocycles. The van der Waals surface area contributed by atoms with Crippen LogP contribution in [0.3, 0.4) is 0 Å². The van der Waals surface area contributed by atoms with Crippen molar-refractivity contribution in [2.75, 3.05) is 0 Å². The molecule has 3 rings (SSSR count). The summed E-state index contributed by atoms with van der Waals surface area (Å²) in [6.45, 7) is 7.86. The van der Waals surface area contributed by atoms with Crippen molar-refractivity contribution in [1.82, 2.24) is 0 Å². The number of ether oxygens (including phenoxy) is 1. The van der Waals surface area contributed by atoms with Gasteiger partial charge >= 0.3 is 5.97 Å². The molecule has 1 unspecified atom stereocenters. The third kappa shape index (κ3) is 2.61. The van der Waals surface area contributed by atoms with Crippen molar-refractivity contribution in [3.63, 3.8) is 0 Å². The third-order valence-corrected chi connectivity index (χ3v) is 4.21. The number of hydrogen-bond acceptors (Lipinski definition) is 2. The molecule has 0 N–H and O–H groups in total. The van der Waals surface area contributed by atoms with Gasteiger partial charge in [-0.2, -0.15) is 0 Å². The lowest BCUT2D eigenvalue weighted by Crippen LogP contribution is -2.29. The predicted molar refractivity (Wildman–Crippen MR) is 92.7 cm³/mol. The topological polar surface area (TPSA) is 26.3 Å². The van der Waals surface area contributed by atoms with Crippen molar-refractivity contribution < 1.29 is 9.53 Å². The molecular weight excluding hydrogens is 284 g/mol. The molecule has 1 aliphatic heterocycles. The third-order valence-electron chi connectivity index (χ3n) is 4.21. The zero-order valence-corrected chi connectivity index (χ0v) is 13.5. The quantitative estimate of drug-likeness (QED) is 0.594. The van der Waals surface area contributed by atoms with Crippen LogP contribution in [0.4, 0.5) is 0 Å². The highest BCUT2D eigenvalue weighted by Gasteiger charge is 2.47. The van der Waals surface area contributed by atoms with Crippen LogP contribution < -0.4 is 0 Å². The summed E-state index contributed by atoms with van der Waals surface area (Å²) in [5, 5.41) is 0. The zero-order chi connectivity index (χ0) is 16.4. The van der Waals surface area contributed by atoms with Gasteiger partial charge in [0, 0.05) is 23.1 Å². The van der Waals surface area contributed by atoms with Crippen LogP contribution in [0.5, 0.6) is 0 Å². The van der Waals surface area contributed by atoms with Gasteiger partial charge in [0.1, 0.15) is 0 Å². The fraction of sp³-hybridized carbons (Fsp3) is 0.190. The summed E-state index contributed by atoms with van der Waals surface area (Å²) in [7, 11) is 0. The SMILES string of the molecule is C=C(C)CC1(c2ccccc2)OC(=O)C(C)=C1c1ccccc1. The van der Waals surface area contributed by atoms with E-state index in [1.54, 1.807) is 0 Å². The molecule has 0 fully saturated rings. The first-order chi connectivity index (χ1) is 11.0. The van der Waals surface area contributed by atoms with Crippen LogP contribution in [0.2, 0.25) is 0 Å². The molecule has 116 valence electrons. The van der Waals surface area contributed by atoms with Crippen molar-refractivity contribution in [2.45, 2.75) is 25.9 Å². The highest BCUT2D eigenvalue weighted by atomic mass is 16.6. The molecule has 0 saturated heterocycles. The number of hydrogen-bond donors (Lipinski definition) is 0. The van der Waals surface area contributed by atoms with Gasteiger partial charge in [0.05, 0.1) is 0 Å². The van der Waals surface area contributed by atoms with E-state index in [1.807, 2.05) is 74.5 Å². The van der Waals surface area contributed by atoms with E-state index >= 15 is 0 Å². The summed E-state index contributed by atoms with van der Waals surface area (Å²) in [5.74, 6) is -0.256. The van der Waals surface area contributed by atoms with Gasteiger partial charge in [0.25, 0.3) is 0 Å². The average molecular weight is 304 g/mol. The fourth-order valence-electron chi connectivity index (χ4n) is 3.31. The molecule has 23 heavy (non-hydrogen) atoms. The largest absolute Gasteiger partial charge is 0.445 e. The molecule has 1 heterocycles. The van der Waals surface area contributed by atoms with Gasteiger partial charge in [-0.15, -0.1) is 0 Å². The van der Waals surface area contributed by atoms with Gasteiger partial charge in [-0.25, -0.2) is 4.79 Å². The molecule has 0 aromatic heterocycles. The van der Waals surface area contributed by atoms with E-state index < -0.39 is 5.60 Å². The first-order valence-electron chi connectivity index (χ1n) is 7.74. The summed E-state index contributed by atoms with van der Waals surface area (Å²) in [6.07, 6.45) is 0.574. The Morgan fingerprint density at radius 2 is 1.61 bits per heavy atom. The van der Waals surface area contributed by atoms with E-state index in [2.05, 4.69) is 6.58 Å². The minimum atomic E-state index is -0.796. The van der Waals surface area contributed by atoms with Crippen molar-refractivity contribution in [3.05, 3.63) is 89.5 Å². The van der Waals surface area contributed by atoms with E-state index in [0.29, 0.717) is 12.0 Å². The standard InChI is InChI=1S/C21H20O2/c1-15(2)14-21(18-12-8-5-9-13-18)19(16(3)20(22)23-21)17-10-6-4-7-11-17/h4-13H,1,14H2,2-3H3. The lowest BCUT2D eigenvalue weighted by atomic mass is 9.78. The fourth-order valence-corrected chi connectivity index (χ4v) is 3.31. The summed E-state index contributed by atoms with van der Waals surface area (Å²) in [4.78, 5) is 12.4. The number of carbonyl (C=O) groups excluding carboxylic acids is 1. The molecule has 0 aliphatic carbocycles. The van der Waals surface area contributed by atoms with Gasteiger partial charge in [0.15, 0.2) is 5.60 Å². The molecular formula is C21H20O2. The van der Waals surface area contributed by atoms with Crippen LogP contribution in [0.25, 0.3) is 5.57 Å². The Morgan fingerprint density at radius 1 is 1.04 bits per heavy atom. The lowest BCUT2D eigenvalue weighted by Gasteiger charge is -2.32. The van der Waals surface area contributed by atoms with Gasteiger partial charge in [-0.1, -0.05) is 72.8 Å². The van der Waals surface area contributed by atoms with E-state index in [4.69, 9.17) is 4.74 Å². The van der Waals surface area contributed by atoms with E-state index in [1.165, 1.54) is 0 Å². The highest BCUT2D eigenvalue weighted by Crippen LogP contribution is 2.50. The van der Waals surface area contributed by atoms with Crippen molar-refractivity contribution in [3.8, 4) is 0 Å². The molecule has 0 amide bonds. The molecule has 1 atom stereocenters. The van der Waals surface area contributed by atoms with Crippen molar-refractivity contribution in [2.24, 2.45) is 0 Å². The van der Waals surface area contributed by atoms with Crippen molar-refractivity contribution in [1.29, 1.82) is 0 Å². The number of cyclic esters (lactones) is 1. The van der Waals surface area contributed by atoms with Crippen molar-refractivity contribution >= 4 is 11.5 Å². The summed E-state index contributed by atoms with van der Waals surface area (Å²) in [6, 6.07) is 19.9. The van der Waals surface area contributed by atoms with Gasteiger partial charge < -0.3 is 4.74 Å². The first-order valence-corrected chi connectivity index (χ1v) is 7.74. The Morgan fingerprint density at radius 3 is 2.17 bits per heavy atom. The Hall–Kier alpha value is -2.61. The smallest absolute Gasteiger partial charge is 0.335 e. The van der Waals surface area contributed by atoms with Crippen LogP contribution in [-0.4, -0.2) is 5.97 Å². The Bertz CT molecular complexity index is 772. The van der Waals surface area contributed by atoms with E-state index in [9.17, 15) is 4.79 Å². The summed E-state index contributed by atoms with van der Waals surface area (Å²) in [5.41, 5.74) is 3.78. The number of benzene rings is 2. The summed E-state index contributed by atoms with van der Waals surface area (Å²) >= 11 is 0. The monoisotopic (exact) mass is 304 g/mol. The Balaban J connectivity index is 2.26. The van der Waals surface area contributed by atoms with E-state index in [0.717, 1.165) is 22.3 Å². The predicted octanol–water partition coefficient (Wildman–Crippen LogP) is 4.88. The number of carbonyl (C=O) groups is 1. The molecule has 2 heteroatoms. The zero-order valence-electron chi connectivity index (χ0n) is 13.5. The Kier molecular flexibility index (Phi) is 3.91. The number of esters is 1. The second-order valence-electron chi connectivity index (χ2n) is 6.08. The van der Waals surface area contributed by atoms with Gasteiger partial charge in [-0.3, -0.25) is 0 Å². The van der Waals surface area contributed by atoms with Gasteiger partial charge in [-0.05, 0) is 19.4 Å². The van der Waals surface area contributed by atoms with Crippen LogP contribution in [0, 0.1) is 0 Å². The van der Waals surface area contributed by atoms with Gasteiger partial charge in [0.2, 0.25) is 0 Å². The Labute approximate surface area is 137 Å². The second-order valence-corrected chi connectivity index (χ2v) is 6.08.